The highest BCUT2D eigenvalue weighted by atomic mass is 16.5. The third-order valence-electron chi connectivity index (χ3n) is 5.60. The van der Waals surface area contributed by atoms with Gasteiger partial charge in [-0.25, -0.2) is 0 Å². The summed E-state index contributed by atoms with van der Waals surface area (Å²) in [5.41, 5.74) is 9.15. The van der Waals surface area contributed by atoms with Crippen LogP contribution in [0.4, 0.5) is 0 Å². The van der Waals surface area contributed by atoms with Crippen molar-refractivity contribution >= 4 is 12.8 Å². The van der Waals surface area contributed by atoms with E-state index in [-0.39, 0.29) is 0 Å². The predicted molar refractivity (Wildman–Crippen MR) is 177 cm³/mol. The molecule has 5 heteroatoms. The quantitative estimate of drug-likeness (QED) is 0.0859. The van der Waals surface area contributed by atoms with Crippen molar-refractivity contribution in [1.82, 2.24) is 0 Å². The molecule has 0 unspecified atom stereocenters. The largest absolute Gasteiger partial charge is 0.497 e. The monoisotopic (exact) mass is 576 g/mol. The molecule has 4 aromatic carbocycles. The Morgan fingerprint density at radius 2 is 1.02 bits per heavy atom. The fourth-order valence-corrected chi connectivity index (χ4v) is 3.63. The number of hydrogen-bond acceptors (Lipinski definition) is 5. The minimum absolute atomic E-state index is 0.426. The van der Waals surface area contributed by atoms with E-state index in [9.17, 15) is 9.59 Å². The lowest BCUT2D eigenvalue weighted by Gasteiger charge is -2.13. The molecular weight excluding hydrogens is 536 g/mol. The Morgan fingerprint density at radius 3 is 1.47 bits per heavy atom. The summed E-state index contributed by atoms with van der Waals surface area (Å²) in [4.78, 5) is 20.0. The molecule has 0 saturated heterocycles. The summed E-state index contributed by atoms with van der Waals surface area (Å²) < 4.78 is 16.2. The Morgan fingerprint density at radius 1 is 0.605 bits per heavy atom. The molecule has 0 N–H and O–H groups in total. The number of ether oxygens (including phenoxy) is 3. The van der Waals surface area contributed by atoms with Gasteiger partial charge in [-0.05, 0) is 104 Å². The molecule has 222 valence electrons. The van der Waals surface area contributed by atoms with E-state index in [4.69, 9.17) is 14.2 Å². The van der Waals surface area contributed by atoms with Gasteiger partial charge in [0.05, 0.1) is 13.4 Å². The molecule has 43 heavy (non-hydrogen) atoms. The number of allylic oxidation sites excluding steroid dienone is 3. The first-order chi connectivity index (χ1) is 20.6. The van der Waals surface area contributed by atoms with E-state index in [2.05, 4.69) is 61.7 Å². The number of methoxy groups -OCH3 is 1. The highest BCUT2D eigenvalue weighted by Crippen LogP contribution is 2.36. The highest BCUT2D eigenvalue weighted by Gasteiger charge is 2.10. The van der Waals surface area contributed by atoms with Gasteiger partial charge < -0.3 is 14.2 Å². The van der Waals surface area contributed by atoms with Crippen LogP contribution in [-0.2, 0) is 9.59 Å². The SMILES string of the molecule is C=C(C)C.C=C(C)C=O.COc1ccc(-c2ccc(-c3ccc(-c4ccc(OC=O)cc4)cc3OC=C(C)C)cc2)cc1. The van der Waals surface area contributed by atoms with Crippen LogP contribution >= 0.6 is 0 Å². The summed E-state index contributed by atoms with van der Waals surface area (Å²) in [6, 6.07) is 30.0. The lowest BCUT2D eigenvalue weighted by Crippen LogP contribution is -1.91. The average Bonchev–Trinajstić information content (AvgIpc) is 3.00. The van der Waals surface area contributed by atoms with E-state index >= 15 is 0 Å². The number of rotatable bonds is 9. The number of aldehydes is 1. The Bertz CT molecular complexity index is 1520. The molecule has 0 aliphatic carbocycles. The van der Waals surface area contributed by atoms with Crippen LogP contribution in [0.2, 0.25) is 0 Å². The standard InChI is InChI=1S/C30H26O4.C4H6O.C4H8/c1-21(2)19-33-30-18-26(24-10-15-28(16-11-24)34-20-31)12-17-29(30)25-6-4-22(5-7-25)23-8-13-27(32-3)14-9-23;1-4(2)3-5;1-4(2)3/h4-20H,1-3H3;3H,1H2,2H3;1H2,2-3H3. The molecule has 4 rings (SSSR count). The van der Waals surface area contributed by atoms with Gasteiger partial charge in [-0.1, -0.05) is 72.8 Å². The van der Waals surface area contributed by atoms with Crippen molar-refractivity contribution in [2.24, 2.45) is 0 Å². The molecule has 0 bridgehead atoms. The van der Waals surface area contributed by atoms with Crippen LogP contribution < -0.4 is 14.2 Å². The van der Waals surface area contributed by atoms with Crippen molar-refractivity contribution in [3.05, 3.63) is 127 Å². The third kappa shape index (κ3) is 11.7. The molecule has 0 radical (unpaired) electrons. The van der Waals surface area contributed by atoms with E-state index in [1.807, 2.05) is 58.0 Å². The number of carbonyl (C=O) groups excluding carboxylic acids is 2. The summed E-state index contributed by atoms with van der Waals surface area (Å²) in [5, 5.41) is 0. The van der Waals surface area contributed by atoms with Crippen LogP contribution in [0, 0.1) is 0 Å². The first-order valence-electron chi connectivity index (χ1n) is 13.7. The number of benzene rings is 4. The molecule has 0 heterocycles. The second kappa shape index (κ2) is 17.6. The molecule has 0 spiro atoms. The van der Waals surface area contributed by atoms with Gasteiger partial charge in [-0.3, -0.25) is 9.59 Å². The average molecular weight is 577 g/mol. The van der Waals surface area contributed by atoms with E-state index in [0.29, 0.717) is 17.8 Å². The maximum Gasteiger partial charge on any atom is 0.298 e. The molecule has 0 saturated carbocycles. The number of hydrogen-bond donors (Lipinski definition) is 0. The fourth-order valence-electron chi connectivity index (χ4n) is 3.63. The van der Waals surface area contributed by atoms with E-state index in [1.165, 1.54) is 5.57 Å². The van der Waals surface area contributed by atoms with Gasteiger partial charge in [0, 0.05) is 5.56 Å². The highest BCUT2D eigenvalue weighted by molar-refractivity contribution is 5.78. The first-order valence-corrected chi connectivity index (χ1v) is 13.7. The molecule has 0 fully saturated rings. The zero-order valence-corrected chi connectivity index (χ0v) is 25.8. The molecule has 0 aromatic heterocycles. The maximum absolute atomic E-state index is 10.6. The van der Waals surface area contributed by atoms with Crippen LogP contribution in [-0.4, -0.2) is 19.9 Å². The van der Waals surface area contributed by atoms with Gasteiger partial charge in [0.25, 0.3) is 6.47 Å². The summed E-state index contributed by atoms with van der Waals surface area (Å²) in [7, 11) is 1.67. The molecule has 0 aliphatic heterocycles. The van der Waals surface area contributed by atoms with Crippen molar-refractivity contribution in [3.63, 3.8) is 0 Å². The topological polar surface area (TPSA) is 61.8 Å². The van der Waals surface area contributed by atoms with Crippen molar-refractivity contribution in [3.8, 4) is 50.6 Å². The van der Waals surface area contributed by atoms with Gasteiger partial charge in [-0.15, -0.1) is 6.58 Å². The van der Waals surface area contributed by atoms with E-state index < -0.39 is 0 Å². The Hall–Kier alpha value is -5.16. The van der Waals surface area contributed by atoms with Gasteiger partial charge >= 0.3 is 0 Å². The summed E-state index contributed by atoms with van der Waals surface area (Å²) in [6.45, 7) is 16.9. The summed E-state index contributed by atoms with van der Waals surface area (Å²) >= 11 is 0. The second-order valence-corrected chi connectivity index (χ2v) is 10.2. The normalized spacial score (nSPS) is 9.53. The van der Waals surface area contributed by atoms with Gasteiger partial charge in [-0.2, -0.15) is 0 Å². The van der Waals surface area contributed by atoms with Crippen molar-refractivity contribution in [2.75, 3.05) is 7.11 Å². The zero-order chi connectivity index (χ0) is 31.8. The maximum atomic E-state index is 10.6. The molecule has 0 atom stereocenters. The fraction of sp³-hybridized carbons (Fsp3) is 0.158. The summed E-state index contributed by atoms with van der Waals surface area (Å²) in [5.74, 6) is 2.12. The first kappa shape index (κ1) is 34.0. The van der Waals surface area contributed by atoms with Crippen LogP contribution in [0.15, 0.2) is 127 Å². The van der Waals surface area contributed by atoms with Crippen molar-refractivity contribution in [1.29, 1.82) is 0 Å². The van der Waals surface area contributed by atoms with Gasteiger partial charge in [0.15, 0.2) is 0 Å². The molecule has 0 amide bonds. The Balaban J connectivity index is 0.000000630. The van der Waals surface area contributed by atoms with Crippen molar-refractivity contribution < 1.29 is 23.8 Å². The smallest absolute Gasteiger partial charge is 0.298 e. The Kier molecular flexibility index (Phi) is 13.9. The third-order valence-corrected chi connectivity index (χ3v) is 5.60. The van der Waals surface area contributed by atoms with Crippen LogP contribution in [0.3, 0.4) is 0 Å². The summed E-state index contributed by atoms with van der Waals surface area (Å²) in [6.07, 6.45) is 2.48. The van der Waals surface area contributed by atoms with E-state index in [1.54, 1.807) is 32.4 Å². The van der Waals surface area contributed by atoms with Crippen LogP contribution in [0.1, 0.15) is 34.6 Å². The Labute approximate surface area is 255 Å². The molecule has 5 nitrogen and oxygen atoms in total. The zero-order valence-electron chi connectivity index (χ0n) is 25.8. The second-order valence-electron chi connectivity index (χ2n) is 10.2. The van der Waals surface area contributed by atoms with Gasteiger partial charge in [0.1, 0.15) is 23.5 Å². The van der Waals surface area contributed by atoms with Crippen LogP contribution in [0.5, 0.6) is 17.2 Å². The van der Waals surface area contributed by atoms with E-state index in [0.717, 1.165) is 56.7 Å². The minimum Gasteiger partial charge on any atom is -0.497 e. The predicted octanol–water partition coefficient (Wildman–Crippen LogP) is 9.88. The minimum atomic E-state index is 0.426. The van der Waals surface area contributed by atoms with Crippen LogP contribution in [0.25, 0.3) is 33.4 Å². The molecule has 0 aliphatic rings. The lowest BCUT2D eigenvalue weighted by atomic mass is 9.97. The lowest BCUT2D eigenvalue weighted by molar-refractivity contribution is -0.120. The molecular formula is C38H40O5. The molecule has 4 aromatic rings. The number of carbonyl (C=O) groups is 2. The van der Waals surface area contributed by atoms with Crippen molar-refractivity contribution in [2.45, 2.75) is 34.6 Å². The van der Waals surface area contributed by atoms with Gasteiger partial charge in [0.2, 0.25) is 0 Å².